The fourth-order valence-electron chi connectivity index (χ4n) is 7.91. The van der Waals surface area contributed by atoms with Gasteiger partial charge < -0.3 is 14.5 Å². The Kier molecular flexibility index (Phi) is 4.20. The lowest BCUT2D eigenvalue weighted by atomic mass is 9.49. The van der Waals surface area contributed by atoms with Crippen LogP contribution in [0.5, 0.6) is 0 Å². The van der Waals surface area contributed by atoms with Gasteiger partial charge in [-0.25, -0.2) is 4.79 Å². The second kappa shape index (κ2) is 6.73. The molecule has 2 aliphatic heterocycles. The van der Waals surface area contributed by atoms with Crippen molar-refractivity contribution in [2.45, 2.75) is 64.0 Å². The second-order valence-electron chi connectivity index (χ2n) is 10.6. The number of esters is 1. The molecule has 4 saturated carbocycles. The second-order valence-corrected chi connectivity index (χ2v) is 10.6. The molecule has 2 heterocycles. The quantitative estimate of drug-likeness (QED) is 0.710. The third-order valence-corrected chi connectivity index (χ3v) is 8.70. The van der Waals surface area contributed by atoms with Crippen LogP contribution in [0, 0.1) is 23.2 Å². The molecule has 0 spiro atoms. The van der Waals surface area contributed by atoms with E-state index in [-0.39, 0.29) is 11.4 Å². The number of fused-ring (bicyclic) bond motifs is 2. The van der Waals surface area contributed by atoms with Crippen molar-refractivity contribution in [2.75, 3.05) is 24.6 Å². The lowest BCUT2D eigenvalue weighted by Gasteiger charge is -2.57. The molecule has 1 aromatic rings. The number of nitrogens with zero attached hydrogens (tertiary/aromatic N) is 2. The van der Waals surface area contributed by atoms with Gasteiger partial charge in [-0.05, 0) is 93.9 Å². The molecule has 160 valence electrons. The summed E-state index contributed by atoms with van der Waals surface area (Å²) in [6, 6.07) is 8.52. The van der Waals surface area contributed by atoms with Crippen LogP contribution in [0.3, 0.4) is 0 Å². The van der Waals surface area contributed by atoms with E-state index in [1.165, 1.54) is 19.3 Å². The average molecular weight is 409 g/mol. The molecule has 0 radical (unpaired) electrons. The van der Waals surface area contributed by atoms with Crippen LogP contribution in [-0.4, -0.2) is 48.6 Å². The average Bonchev–Trinajstić information content (AvgIpc) is 3.33. The van der Waals surface area contributed by atoms with Crippen molar-refractivity contribution in [3.63, 3.8) is 0 Å². The summed E-state index contributed by atoms with van der Waals surface area (Å²) in [6.07, 6.45) is 8.70. The Morgan fingerprint density at radius 1 is 0.933 bits per heavy atom. The Labute approximate surface area is 178 Å². The van der Waals surface area contributed by atoms with Gasteiger partial charge in [-0.2, -0.15) is 0 Å². The predicted molar refractivity (Wildman–Crippen MR) is 114 cm³/mol. The molecule has 6 bridgehead atoms. The lowest BCUT2D eigenvalue weighted by molar-refractivity contribution is -0.158. The molecule has 0 aromatic heterocycles. The molecule has 6 fully saturated rings. The molecule has 1 amide bonds. The number of hydrogen-bond acceptors (Lipinski definition) is 4. The summed E-state index contributed by atoms with van der Waals surface area (Å²) < 4.78 is 5.09. The van der Waals surface area contributed by atoms with E-state index in [4.69, 9.17) is 4.74 Å². The number of likely N-dealkylation sites (tertiary alicyclic amines) is 1. The van der Waals surface area contributed by atoms with Crippen LogP contribution < -0.4 is 4.90 Å². The molecule has 1 aromatic carbocycles. The molecule has 6 aliphatic rings. The minimum atomic E-state index is -0.265. The number of benzene rings is 1. The highest BCUT2D eigenvalue weighted by Crippen LogP contribution is 2.61. The number of anilines is 1. The van der Waals surface area contributed by atoms with Gasteiger partial charge in [0.1, 0.15) is 0 Å². The van der Waals surface area contributed by atoms with E-state index in [9.17, 15) is 9.59 Å². The fraction of sp³-hybridized carbons (Fsp3) is 0.680. The van der Waals surface area contributed by atoms with Crippen molar-refractivity contribution in [3.05, 3.63) is 29.8 Å². The highest BCUT2D eigenvalue weighted by Gasteiger charge is 2.58. The minimum Gasteiger partial charge on any atom is -0.462 e. The zero-order valence-corrected chi connectivity index (χ0v) is 17.9. The monoisotopic (exact) mass is 408 g/mol. The summed E-state index contributed by atoms with van der Waals surface area (Å²) in [5, 5.41) is 0. The van der Waals surface area contributed by atoms with Crippen LogP contribution in [0.1, 0.15) is 62.2 Å². The molecule has 5 nitrogen and oxygen atoms in total. The van der Waals surface area contributed by atoms with E-state index in [1.54, 1.807) is 0 Å². The molecule has 2 atom stereocenters. The standard InChI is InChI=1S/C25H32N2O3/c1-2-30-23(28)19-3-5-20(6-4-19)26-14-22-10-21(26)15-27(22)24(29)25-11-16-7-17(12-25)9-18(8-16)13-25/h3-6,16-18,21-22H,2,7-15H2,1H3/t16?,17?,18?,21-,22-,25?/m0/s1. The summed E-state index contributed by atoms with van der Waals surface area (Å²) in [7, 11) is 0. The van der Waals surface area contributed by atoms with Crippen molar-refractivity contribution >= 4 is 17.6 Å². The number of hydrogen-bond donors (Lipinski definition) is 0. The number of ether oxygens (including phenoxy) is 1. The topological polar surface area (TPSA) is 49.9 Å². The Morgan fingerprint density at radius 3 is 2.10 bits per heavy atom. The third kappa shape index (κ3) is 2.80. The van der Waals surface area contributed by atoms with Gasteiger partial charge in [0, 0.05) is 24.8 Å². The molecule has 7 rings (SSSR count). The van der Waals surface area contributed by atoms with E-state index >= 15 is 0 Å². The van der Waals surface area contributed by atoms with Gasteiger partial charge in [0.25, 0.3) is 0 Å². The molecule has 0 unspecified atom stereocenters. The zero-order chi connectivity index (χ0) is 20.5. The lowest BCUT2D eigenvalue weighted by Crippen LogP contribution is -2.58. The van der Waals surface area contributed by atoms with E-state index in [2.05, 4.69) is 9.80 Å². The Bertz CT molecular complexity index is 828. The van der Waals surface area contributed by atoms with E-state index in [0.29, 0.717) is 30.2 Å². The van der Waals surface area contributed by atoms with Gasteiger partial charge in [0.05, 0.1) is 23.6 Å². The van der Waals surface area contributed by atoms with E-state index in [1.807, 2.05) is 31.2 Å². The first-order valence-corrected chi connectivity index (χ1v) is 11.9. The number of carbonyl (C=O) groups is 2. The highest BCUT2D eigenvalue weighted by atomic mass is 16.5. The van der Waals surface area contributed by atoms with Gasteiger partial charge in [-0.1, -0.05) is 0 Å². The van der Waals surface area contributed by atoms with Gasteiger partial charge >= 0.3 is 5.97 Å². The number of carbonyl (C=O) groups excluding carboxylic acids is 2. The molecular formula is C25H32N2O3. The summed E-state index contributed by atoms with van der Waals surface area (Å²) in [6.45, 7) is 4.00. The maximum Gasteiger partial charge on any atom is 0.338 e. The van der Waals surface area contributed by atoms with Gasteiger partial charge in [0.2, 0.25) is 5.91 Å². The van der Waals surface area contributed by atoms with Crippen LogP contribution in [0.25, 0.3) is 0 Å². The third-order valence-electron chi connectivity index (χ3n) is 8.70. The first-order chi connectivity index (χ1) is 14.5. The molecule has 0 N–H and O–H groups in total. The van der Waals surface area contributed by atoms with Crippen molar-refractivity contribution in [2.24, 2.45) is 23.2 Å². The first-order valence-electron chi connectivity index (χ1n) is 11.9. The minimum absolute atomic E-state index is 0.0225. The van der Waals surface area contributed by atoms with Crippen molar-refractivity contribution in [3.8, 4) is 0 Å². The maximum absolute atomic E-state index is 13.8. The normalized spacial score (nSPS) is 38.4. The summed E-state index contributed by atoms with van der Waals surface area (Å²) in [5.74, 6) is 2.67. The van der Waals surface area contributed by atoms with Crippen LogP contribution in [0.15, 0.2) is 24.3 Å². The van der Waals surface area contributed by atoms with E-state index in [0.717, 1.165) is 62.2 Å². The highest BCUT2D eigenvalue weighted by molar-refractivity contribution is 5.90. The Hall–Kier alpha value is -2.04. The molecule has 4 aliphatic carbocycles. The van der Waals surface area contributed by atoms with Gasteiger partial charge in [-0.15, -0.1) is 0 Å². The van der Waals surface area contributed by atoms with Crippen molar-refractivity contribution < 1.29 is 14.3 Å². The smallest absolute Gasteiger partial charge is 0.338 e. The molecule has 2 saturated heterocycles. The Morgan fingerprint density at radius 2 is 1.57 bits per heavy atom. The SMILES string of the molecule is CCOC(=O)c1ccc(N2C[C@@H]3C[C@H]2CN3C(=O)C23CC4CC(CC(C4)C2)C3)cc1. The number of amides is 1. The molecule has 5 heteroatoms. The molecular weight excluding hydrogens is 376 g/mol. The fourth-order valence-corrected chi connectivity index (χ4v) is 7.91. The summed E-state index contributed by atoms with van der Waals surface area (Å²) in [5.41, 5.74) is 1.73. The van der Waals surface area contributed by atoms with Crippen LogP contribution in [0.2, 0.25) is 0 Å². The zero-order valence-electron chi connectivity index (χ0n) is 17.9. The van der Waals surface area contributed by atoms with Crippen LogP contribution >= 0.6 is 0 Å². The molecule has 30 heavy (non-hydrogen) atoms. The largest absolute Gasteiger partial charge is 0.462 e. The van der Waals surface area contributed by atoms with Crippen molar-refractivity contribution in [1.82, 2.24) is 4.90 Å². The van der Waals surface area contributed by atoms with Crippen LogP contribution in [-0.2, 0) is 9.53 Å². The summed E-state index contributed by atoms with van der Waals surface area (Å²) >= 11 is 0. The maximum atomic E-state index is 13.8. The van der Waals surface area contributed by atoms with Crippen LogP contribution in [0.4, 0.5) is 5.69 Å². The van der Waals surface area contributed by atoms with Gasteiger partial charge in [0.15, 0.2) is 0 Å². The number of rotatable bonds is 4. The predicted octanol–water partition coefficient (Wildman–Crippen LogP) is 3.87. The number of piperazine rings is 1. The Balaban J connectivity index is 1.15. The first kappa shape index (κ1) is 18.7. The van der Waals surface area contributed by atoms with Crippen molar-refractivity contribution in [1.29, 1.82) is 0 Å². The van der Waals surface area contributed by atoms with Gasteiger partial charge in [-0.3, -0.25) is 4.79 Å². The summed E-state index contributed by atoms with van der Waals surface area (Å²) in [4.78, 5) is 30.4. The van der Waals surface area contributed by atoms with E-state index < -0.39 is 0 Å².